The van der Waals surface area contributed by atoms with Gasteiger partial charge >= 0.3 is 0 Å². The minimum absolute atomic E-state index is 0.0415. The number of ether oxygens (including phenoxy) is 1. The largest absolute Gasteiger partial charge is 0.497 e. The van der Waals surface area contributed by atoms with E-state index in [1.807, 2.05) is 4.72 Å². The minimum atomic E-state index is -4.23. The molecule has 0 unspecified atom stereocenters. The number of aryl methyl sites for hydroxylation is 1. The number of benzene rings is 1. The van der Waals surface area contributed by atoms with E-state index in [0.717, 1.165) is 0 Å². The molecule has 1 N–H and O–H groups in total. The van der Waals surface area contributed by atoms with Crippen LogP contribution in [0.15, 0.2) is 52.0 Å². The second-order valence-corrected chi connectivity index (χ2v) is 8.53. The first-order chi connectivity index (χ1) is 13.2. The van der Waals surface area contributed by atoms with Gasteiger partial charge in [0.05, 0.1) is 16.6 Å². The van der Waals surface area contributed by atoms with E-state index in [2.05, 4.69) is 26.0 Å². The average Bonchev–Trinajstić information content (AvgIpc) is 3.04. The van der Waals surface area contributed by atoms with Crippen molar-refractivity contribution in [1.82, 2.24) is 19.5 Å². The van der Waals surface area contributed by atoms with Gasteiger partial charge < -0.3 is 4.74 Å². The Morgan fingerprint density at radius 2 is 2.04 bits per heavy atom. The Labute approximate surface area is 174 Å². The van der Waals surface area contributed by atoms with Crippen LogP contribution < -0.4 is 9.46 Å². The molecule has 0 radical (unpaired) electrons. The van der Waals surface area contributed by atoms with Crippen molar-refractivity contribution in [1.29, 1.82) is 0 Å². The molecule has 2 aromatic heterocycles. The number of halogens is 2. The zero-order valence-corrected chi connectivity index (χ0v) is 17.8. The summed E-state index contributed by atoms with van der Waals surface area (Å²) < 4.78 is 34.3. The smallest absolute Gasteiger partial charge is 0.285 e. The van der Waals surface area contributed by atoms with E-state index in [1.165, 1.54) is 36.1 Å². The number of aromatic nitrogens is 3. The van der Waals surface area contributed by atoms with E-state index in [-0.39, 0.29) is 21.4 Å². The molecule has 3 aromatic rings. The van der Waals surface area contributed by atoms with Gasteiger partial charge in [0.15, 0.2) is 11.5 Å². The number of rotatable bonds is 5. The maximum atomic E-state index is 12.6. The third-order valence-corrected chi connectivity index (χ3v) is 6.15. The summed E-state index contributed by atoms with van der Waals surface area (Å²) in [6.07, 6.45) is 1.58. The minimum Gasteiger partial charge on any atom is -0.497 e. The molecule has 0 fully saturated rings. The number of nitrogens with zero attached hydrogens (tertiary/aromatic N) is 3. The van der Waals surface area contributed by atoms with Crippen molar-refractivity contribution in [2.24, 2.45) is 0 Å². The molecule has 0 saturated carbocycles. The second kappa shape index (κ2) is 7.90. The summed E-state index contributed by atoms with van der Waals surface area (Å²) in [6, 6.07) is 9.09. The van der Waals surface area contributed by atoms with Gasteiger partial charge in [-0.2, -0.15) is 5.10 Å². The fourth-order valence-electron chi connectivity index (χ4n) is 2.38. The van der Waals surface area contributed by atoms with Gasteiger partial charge in [-0.1, -0.05) is 11.6 Å². The number of sulfonamides is 1. The van der Waals surface area contributed by atoms with Crippen LogP contribution in [-0.2, 0) is 10.0 Å². The lowest BCUT2D eigenvalue weighted by Crippen LogP contribution is -2.31. The molecule has 0 aliphatic rings. The molecule has 0 aliphatic carbocycles. The Balaban J connectivity index is 1.92. The highest BCUT2D eigenvalue weighted by atomic mass is 79.9. The van der Waals surface area contributed by atoms with Gasteiger partial charge in [0.25, 0.3) is 15.9 Å². The topological polar surface area (TPSA) is 103 Å². The third-order valence-electron chi connectivity index (χ3n) is 3.71. The lowest BCUT2D eigenvalue weighted by atomic mass is 10.3. The highest BCUT2D eigenvalue weighted by Crippen LogP contribution is 2.26. The van der Waals surface area contributed by atoms with Crippen LogP contribution >= 0.6 is 27.5 Å². The number of methoxy groups -OCH3 is 1. The van der Waals surface area contributed by atoms with E-state index in [4.69, 9.17) is 16.3 Å². The lowest BCUT2D eigenvalue weighted by molar-refractivity contribution is 0.0976. The zero-order chi connectivity index (χ0) is 20.5. The predicted octanol–water partition coefficient (Wildman–Crippen LogP) is 3.12. The maximum Gasteiger partial charge on any atom is 0.285 e. The van der Waals surface area contributed by atoms with Gasteiger partial charge in [0.2, 0.25) is 0 Å². The van der Waals surface area contributed by atoms with Crippen LogP contribution in [0.3, 0.4) is 0 Å². The number of nitrogens with one attached hydrogen (secondary N) is 1. The summed E-state index contributed by atoms with van der Waals surface area (Å²) in [7, 11) is -2.84. The molecule has 0 aliphatic heterocycles. The Hall–Kier alpha value is -2.43. The van der Waals surface area contributed by atoms with Gasteiger partial charge in [0, 0.05) is 18.0 Å². The van der Waals surface area contributed by atoms with Crippen molar-refractivity contribution in [3.63, 3.8) is 0 Å². The van der Waals surface area contributed by atoms with Crippen molar-refractivity contribution in [2.45, 2.75) is 11.8 Å². The Morgan fingerprint density at radius 1 is 1.29 bits per heavy atom. The summed E-state index contributed by atoms with van der Waals surface area (Å²) in [6.45, 7) is 1.72. The molecule has 1 aromatic carbocycles. The highest BCUT2D eigenvalue weighted by molar-refractivity contribution is 9.10. The van der Waals surface area contributed by atoms with Crippen LogP contribution in [0.25, 0.3) is 5.82 Å². The molecular formula is C17H14BrClN4O4S. The first kappa shape index (κ1) is 20.3. The predicted molar refractivity (Wildman–Crippen MR) is 106 cm³/mol. The summed E-state index contributed by atoms with van der Waals surface area (Å²) in [5, 5.41) is 4.12. The van der Waals surface area contributed by atoms with Crippen LogP contribution in [0.5, 0.6) is 5.75 Å². The number of hydrogen-bond acceptors (Lipinski definition) is 6. The first-order valence-electron chi connectivity index (χ1n) is 7.81. The molecule has 0 saturated heterocycles. The standard InChI is InChI=1S/C17H14BrClN4O4S/c1-10-8-14(21-23(10)16-12(18)4-3-7-20-16)17(24)22-28(25,26)15-9-11(27-2)5-6-13(15)19/h3-9H,1-2H3,(H,22,24). The molecule has 146 valence electrons. The Bertz CT molecular complexity index is 1160. The fraction of sp³-hybridized carbons (Fsp3) is 0.118. The van der Waals surface area contributed by atoms with Crippen molar-refractivity contribution in [3.05, 3.63) is 63.5 Å². The second-order valence-electron chi connectivity index (χ2n) is 5.62. The fourth-order valence-corrected chi connectivity index (χ4v) is 4.28. The monoisotopic (exact) mass is 484 g/mol. The number of pyridine rings is 1. The van der Waals surface area contributed by atoms with Crippen LogP contribution in [0.4, 0.5) is 0 Å². The molecular weight excluding hydrogens is 472 g/mol. The van der Waals surface area contributed by atoms with Gasteiger partial charge in [-0.3, -0.25) is 4.79 Å². The lowest BCUT2D eigenvalue weighted by Gasteiger charge is -2.09. The highest BCUT2D eigenvalue weighted by Gasteiger charge is 2.24. The van der Waals surface area contributed by atoms with Crippen molar-refractivity contribution >= 4 is 43.5 Å². The Kier molecular flexibility index (Phi) is 5.73. The first-order valence-corrected chi connectivity index (χ1v) is 10.5. The maximum absolute atomic E-state index is 12.6. The van der Waals surface area contributed by atoms with Gasteiger partial charge in [-0.25, -0.2) is 22.8 Å². The molecule has 0 atom stereocenters. The summed E-state index contributed by atoms with van der Waals surface area (Å²) in [4.78, 5) is 16.4. The third kappa shape index (κ3) is 4.03. The summed E-state index contributed by atoms with van der Waals surface area (Å²) in [5.74, 6) is -0.136. The Morgan fingerprint density at radius 3 is 2.71 bits per heavy atom. The van der Waals surface area contributed by atoms with E-state index >= 15 is 0 Å². The van der Waals surface area contributed by atoms with Crippen molar-refractivity contribution in [2.75, 3.05) is 7.11 Å². The molecule has 3 rings (SSSR count). The van der Waals surface area contributed by atoms with Crippen LogP contribution in [0, 0.1) is 6.92 Å². The molecule has 0 bridgehead atoms. The van der Waals surface area contributed by atoms with Gasteiger partial charge in [-0.05, 0) is 53.2 Å². The van der Waals surface area contributed by atoms with E-state index in [0.29, 0.717) is 16.0 Å². The number of carbonyl (C=O) groups excluding carboxylic acids is 1. The normalized spacial score (nSPS) is 11.3. The zero-order valence-electron chi connectivity index (χ0n) is 14.7. The molecule has 8 nitrogen and oxygen atoms in total. The van der Waals surface area contributed by atoms with Crippen LogP contribution in [0.2, 0.25) is 5.02 Å². The number of amides is 1. The van der Waals surface area contributed by atoms with Crippen LogP contribution in [-0.4, -0.2) is 36.2 Å². The van der Waals surface area contributed by atoms with E-state index in [9.17, 15) is 13.2 Å². The molecule has 28 heavy (non-hydrogen) atoms. The van der Waals surface area contributed by atoms with E-state index in [1.54, 1.807) is 25.3 Å². The molecule has 2 heterocycles. The van der Waals surface area contributed by atoms with Gasteiger partial charge in [0.1, 0.15) is 10.6 Å². The average molecular weight is 486 g/mol. The van der Waals surface area contributed by atoms with E-state index < -0.39 is 15.9 Å². The number of hydrogen-bond donors (Lipinski definition) is 1. The SMILES string of the molecule is COc1ccc(Cl)c(S(=O)(=O)NC(=O)c2cc(C)n(-c3ncccc3Br)n2)c1. The van der Waals surface area contributed by atoms with Gasteiger partial charge in [-0.15, -0.1) is 0 Å². The number of carbonyl (C=O) groups is 1. The quantitative estimate of drug-likeness (QED) is 0.595. The molecule has 0 spiro atoms. The molecule has 1 amide bonds. The van der Waals surface area contributed by atoms with Crippen molar-refractivity contribution < 1.29 is 17.9 Å². The summed E-state index contributed by atoms with van der Waals surface area (Å²) >= 11 is 9.34. The molecule has 11 heteroatoms. The van der Waals surface area contributed by atoms with Crippen LogP contribution in [0.1, 0.15) is 16.2 Å². The summed E-state index contributed by atoms with van der Waals surface area (Å²) in [5.41, 5.74) is 0.513. The van der Waals surface area contributed by atoms with Crippen molar-refractivity contribution in [3.8, 4) is 11.6 Å².